The van der Waals surface area contributed by atoms with Crippen molar-refractivity contribution in [2.75, 3.05) is 10.6 Å². The van der Waals surface area contributed by atoms with E-state index in [1.807, 2.05) is 30.5 Å². The minimum absolute atomic E-state index is 0.0367. The van der Waals surface area contributed by atoms with Crippen LogP contribution >= 0.6 is 11.8 Å². The lowest BCUT2D eigenvalue weighted by molar-refractivity contribution is 0.536. The van der Waals surface area contributed by atoms with Crippen molar-refractivity contribution >= 4 is 44.8 Å². The molecule has 6 nitrogen and oxygen atoms in total. The fourth-order valence-corrected chi connectivity index (χ4v) is 3.63. The minimum atomic E-state index is -4.06. The summed E-state index contributed by atoms with van der Waals surface area (Å²) >= 11 is -1.11. The molecule has 1 unspecified atom stereocenters. The number of primary sulfonamides is 1. The first-order valence-corrected chi connectivity index (χ1v) is 10.5. The predicted octanol–water partition coefficient (Wildman–Crippen LogP) is 2.33. The van der Waals surface area contributed by atoms with E-state index in [-0.39, 0.29) is 10.6 Å². The highest BCUT2D eigenvalue weighted by Crippen LogP contribution is 2.26. The van der Waals surface area contributed by atoms with Crippen molar-refractivity contribution in [3.63, 3.8) is 0 Å². The summed E-state index contributed by atoms with van der Waals surface area (Å²) in [5, 5.41) is 5.15. The van der Waals surface area contributed by atoms with Gasteiger partial charge in [-0.15, -0.1) is 11.8 Å². The first-order valence-electron chi connectivity index (χ1n) is 6.65. The summed E-state index contributed by atoms with van der Waals surface area (Å²) in [7, 11) is -4.06. The molecule has 0 fully saturated rings. The maximum absolute atomic E-state index is 11.6. The molecule has 2 rings (SSSR count). The number of nitrogens with zero attached hydrogens (tertiary/aromatic N) is 1. The molecular formula is C15H15N2O4S3-. The molecule has 24 heavy (non-hydrogen) atoms. The van der Waals surface area contributed by atoms with E-state index >= 15 is 0 Å². The van der Waals surface area contributed by atoms with Crippen molar-refractivity contribution in [3.8, 4) is 0 Å². The van der Waals surface area contributed by atoms with Gasteiger partial charge in [0, 0.05) is 11.1 Å². The molecule has 0 heterocycles. The van der Waals surface area contributed by atoms with Crippen molar-refractivity contribution in [3.05, 3.63) is 60.3 Å². The first-order chi connectivity index (χ1) is 11.3. The Hall–Kier alpha value is -1.65. The van der Waals surface area contributed by atoms with Gasteiger partial charge >= 0.3 is 0 Å². The molecule has 0 spiro atoms. The van der Waals surface area contributed by atoms with E-state index in [0.717, 1.165) is 14.8 Å². The van der Waals surface area contributed by atoms with Gasteiger partial charge in [0.1, 0.15) is 4.90 Å². The smallest absolute Gasteiger partial charge is 0.240 e. The largest absolute Gasteiger partial charge is 0.755 e. The number of anilines is 1. The van der Waals surface area contributed by atoms with Crippen molar-refractivity contribution < 1.29 is 17.2 Å². The third-order valence-electron chi connectivity index (χ3n) is 3.09. The van der Waals surface area contributed by atoms with Crippen molar-refractivity contribution in [1.29, 1.82) is 0 Å². The second-order valence-corrected chi connectivity index (χ2v) is 7.88. The van der Waals surface area contributed by atoms with Gasteiger partial charge in [-0.05, 0) is 42.2 Å². The molecule has 0 aromatic heterocycles. The molecule has 9 heteroatoms. The topological polar surface area (TPSA) is 104 Å². The Morgan fingerprint density at radius 2 is 1.79 bits per heavy atom. The molecule has 2 N–H and O–H groups in total. The number of benzene rings is 2. The van der Waals surface area contributed by atoms with E-state index in [0.29, 0.717) is 0 Å². The number of thioether (sulfide) groups is 1. The van der Waals surface area contributed by atoms with E-state index < -0.39 is 21.3 Å². The van der Waals surface area contributed by atoms with E-state index in [1.54, 1.807) is 17.8 Å². The average Bonchev–Trinajstić information content (AvgIpc) is 2.55. The average molecular weight is 383 g/mol. The van der Waals surface area contributed by atoms with Crippen molar-refractivity contribution in [1.82, 2.24) is 0 Å². The lowest BCUT2D eigenvalue weighted by Gasteiger charge is -2.24. The molecule has 0 amide bonds. The molecule has 0 saturated heterocycles. The molecule has 2 aromatic carbocycles. The van der Waals surface area contributed by atoms with Gasteiger partial charge in [-0.1, -0.05) is 24.3 Å². The summed E-state index contributed by atoms with van der Waals surface area (Å²) in [5.74, 6) is 0. The maximum Gasteiger partial charge on any atom is 0.240 e. The van der Waals surface area contributed by atoms with Crippen LogP contribution in [0.5, 0.6) is 0 Å². The Morgan fingerprint density at radius 1 is 1.17 bits per heavy atom. The van der Waals surface area contributed by atoms with E-state index in [9.17, 15) is 17.2 Å². The third-order valence-corrected chi connectivity index (χ3v) is 5.43. The Kier molecular flexibility index (Phi) is 6.19. The molecule has 1 atom stereocenters. The molecule has 0 aliphatic carbocycles. The van der Waals surface area contributed by atoms with Gasteiger partial charge in [-0.2, -0.15) is 0 Å². The minimum Gasteiger partial charge on any atom is -0.755 e. The van der Waals surface area contributed by atoms with Gasteiger partial charge in [0.05, 0.1) is 17.0 Å². The second-order valence-electron chi connectivity index (χ2n) is 4.64. The van der Waals surface area contributed by atoms with E-state index in [1.165, 1.54) is 30.5 Å². The third kappa shape index (κ3) is 4.68. The fourth-order valence-electron chi connectivity index (χ4n) is 1.96. The highest BCUT2D eigenvalue weighted by atomic mass is 32.2. The van der Waals surface area contributed by atoms with Gasteiger partial charge in [0.25, 0.3) is 0 Å². The lowest BCUT2D eigenvalue weighted by Crippen LogP contribution is -2.23. The summed E-state index contributed by atoms with van der Waals surface area (Å²) < 4.78 is 47.2. The molecule has 0 bridgehead atoms. The van der Waals surface area contributed by atoms with Crippen molar-refractivity contribution in [2.45, 2.75) is 9.79 Å². The summed E-state index contributed by atoms with van der Waals surface area (Å²) in [4.78, 5) is 0.813. The van der Waals surface area contributed by atoms with Crippen LogP contribution in [0.4, 0.5) is 5.69 Å². The van der Waals surface area contributed by atoms with E-state index in [4.69, 9.17) is 5.14 Å². The molecule has 2 aromatic rings. The van der Waals surface area contributed by atoms with Crippen LogP contribution in [0.3, 0.4) is 0 Å². The van der Waals surface area contributed by atoms with E-state index in [2.05, 4.69) is 0 Å². The molecule has 0 aliphatic heterocycles. The highest BCUT2D eigenvalue weighted by Gasteiger charge is 2.17. The van der Waals surface area contributed by atoms with Gasteiger partial charge in [-0.3, -0.25) is 8.51 Å². The molecule has 128 valence electrons. The Labute approximate surface area is 147 Å². The van der Waals surface area contributed by atoms with Gasteiger partial charge < -0.3 is 4.55 Å². The lowest BCUT2D eigenvalue weighted by atomic mass is 10.2. The summed E-state index contributed by atoms with van der Waals surface area (Å²) in [6.07, 6.45) is 4.80. The van der Waals surface area contributed by atoms with Crippen LogP contribution < -0.4 is 9.44 Å². The first kappa shape index (κ1) is 18.7. The monoisotopic (exact) mass is 383 g/mol. The summed E-state index contributed by atoms with van der Waals surface area (Å²) in [5.41, 5.74) is 0.738. The molecule has 0 radical (unpaired) electrons. The number of nitrogens with two attached hydrogens (primary N) is 1. The number of sulfonamides is 1. The van der Waals surface area contributed by atoms with Crippen LogP contribution in [0.1, 0.15) is 5.56 Å². The van der Waals surface area contributed by atoms with Crippen LogP contribution in [0.2, 0.25) is 0 Å². The fraction of sp³-hybridized carbons (Fsp3) is 0.0667. The van der Waals surface area contributed by atoms with Gasteiger partial charge in [0.15, 0.2) is 0 Å². The Balaban J connectivity index is 2.40. The van der Waals surface area contributed by atoms with Crippen molar-refractivity contribution in [2.24, 2.45) is 5.14 Å². The summed E-state index contributed by atoms with van der Waals surface area (Å²) in [6.45, 7) is 0. The molecular weight excluding hydrogens is 368 g/mol. The number of rotatable bonds is 6. The van der Waals surface area contributed by atoms with Crippen LogP contribution in [0, 0.1) is 0 Å². The highest BCUT2D eigenvalue weighted by molar-refractivity contribution is 7.98. The zero-order valence-electron chi connectivity index (χ0n) is 12.7. The molecule has 0 saturated carbocycles. The number of para-hydroxylation sites is 1. The van der Waals surface area contributed by atoms with Gasteiger partial charge in [0.2, 0.25) is 10.0 Å². The normalized spacial score (nSPS) is 13.1. The standard InChI is InChI=1S/C15H16N2O4S3/c1-22-13-8-6-12(7-9-13)10-11-17(23(18)19)14-4-2-3-5-15(14)24(16,20)21/h2-11H,1H3,(H,18,19)(H2,16,20,21)/p-1. The number of hydrogen-bond donors (Lipinski definition) is 1. The van der Waals surface area contributed by atoms with Crippen LogP contribution in [0.15, 0.2) is 64.5 Å². The maximum atomic E-state index is 11.6. The zero-order chi connectivity index (χ0) is 17.7. The van der Waals surface area contributed by atoms with Crippen LogP contribution in [0.25, 0.3) is 6.08 Å². The second kappa shape index (κ2) is 7.95. The zero-order valence-corrected chi connectivity index (χ0v) is 15.1. The quantitative estimate of drug-likeness (QED) is 0.609. The Bertz CT molecular complexity index is 865. The van der Waals surface area contributed by atoms with Crippen LogP contribution in [-0.4, -0.2) is 23.4 Å². The predicted molar refractivity (Wildman–Crippen MR) is 96.5 cm³/mol. The molecule has 0 aliphatic rings. The SMILES string of the molecule is CSc1ccc(C=CN(c2ccccc2S(N)(=O)=O)S(=O)[O-])cc1. The Morgan fingerprint density at radius 3 is 2.33 bits per heavy atom. The summed E-state index contributed by atoms with van der Waals surface area (Å²) in [6, 6.07) is 13.1. The number of hydrogen-bond acceptors (Lipinski definition) is 5. The van der Waals surface area contributed by atoms with Gasteiger partial charge in [-0.25, -0.2) is 13.6 Å². The van der Waals surface area contributed by atoms with Crippen LogP contribution in [-0.2, 0) is 21.3 Å².